The highest BCUT2D eigenvalue weighted by Gasteiger charge is 2.28. The Morgan fingerprint density at radius 3 is 2.68 bits per heavy atom. The monoisotopic (exact) mass is 268 g/mol. The number of amides is 1. The van der Waals surface area contributed by atoms with Gasteiger partial charge in [-0.05, 0) is 65.3 Å². The van der Waals surface area contributed by atoms with Gasteiger partial charge >= 0.3 is 6.09 Å². The van der Waals surface area contributed by atoms with Crippen molar-refractivity contribution in [2.24, 2.45) is 5.92 Å². The van der Waals surface area contributed by atoms with Crippen LogP contribution in [0.4, 0.5) is 4.79 Å². The summed E-state index contributed by atoms with van der Waals surface area (Å²) < 4.78 is 5.45. The summed E-state index contributed by atoms with van der Waals surface area (Å²) in [4.78, 5) is 13.9. The number of carbonyl (C=O) groups excluding carboxylic acids is 1. The molecule has 1 saturated carbocycles. The lowest BCUT2D eigenvalue weighted by Gasteiger charge is -2.34. The van der Waals surface area contributed by atoms with E-state index in [0.717, 1.165) is 32.1 Å². The lowest BCUT2D eigenvalue weighted by molar-refractivity contribution is 0.0162. The average Bonchev–Trinajstić information content (AvgIpc) is 3.11. The summed E-state index contributed by atoms with van der Waals surface area (Å²) in [5, 5.41) is 3.55. The Morgan fingerprint density at radius 1 is 1.32 bits per heavy atom. The Morgan fingerprint density at radius 2 is 2.05 bits per heavy atom. The first kappa shape index (κ1) is 14.6. The zero-order valence-corrected chi connectivity index (χ0v) is 12.6. The zero-order chi connectivity index (χ0) is 13.9. The van der Waals surface area contributed by atoms with Crippen LogP contribution < -0.4 is 5.32 Å². The first-order valence-electron chi connectivity index (χ1n) is 7.65. The molecule has 0 radical (unpaired) electrons. The second-order valence-electron chi connectivity index (χ2n) is 6.95. The van der Waals surface area contributed by atoms with Gasteiger partial charge in [-0.3, -0.25) is 0 Å². The number of nitrogens with one attached hydrogen (secondary N) is 1. The van der Waals surface area contributed by atoms with Crippen molar-refractivity contribution in [1.29, 1.82) is 0 Å². The number of carbonyl (C=O) groups is 1. The van der Waals surface area contributed by atoms with Gasteiger partial charge in [-0.1, -0.05) is 0 Å². The Hall–Kier alpha value is -0.770. The van der Waals surface area contributed by atoms with Gasteiger partial charge in [-0.2, -0.15) is 0 Å². The molecule has 2 fully saturated rings. The first-order chi connectivity index (χ1) is 8.94. The van der Waals surface area contributed by atoms with Crippen molar-refractivity contribution in [1.82, 2.24) is 10.2 Å². The van der Waals surface area contributed by atoms with Gasteiger partial charge in [0.15, 0.2) is 0 Å². The second-order valence-corrected chi connectivity index (χ2v) is 6.95. The van der Waals surface area contributed by atoms with Gasteiger partial charge in [0, 0.05) is 19.1 Å². The van der Waals surface area contributed by atoms with Crippen molar-refractivity contribution in [3.63, 3.8) is 0 Å². The van der Waals surface area contributed by atoms with Crippen molar-refractivity contribution in [2.45, 2.75) is 64.5 Å². The summed E-state index contributed by atoms with van der Waals surface area (Å²) in [6.45, 7) is 8.57. The molecule has 2 rings (SSSR count). The lowest BCUT2D eigenvalue weighted by Crippen LogP contribution is -2.43. The van der Waals surface area contributed by atoms with Crippen LogP contribution in [0.5, 0.6) is 0 Å². The molecule has 4 nitrogen and oxygen atoms in total. The van der Waals surface area contributed by atoms with Crippen LogP contribution in [-0.2, 0) is 4.74 Å². The second kappa shape index (κ2) is 6.12. The van der Waals surface area contributed by atoms with Crippen molar-refractivity contribution < 1.29 is 9.53 Å². The minimum absolute atomic E-state index is 0.146. The highest BCUT2D eigenvalue weighted by atomic mass is 16.6. The summed E-state index contributed by atoms with van der Waals surface area (Å²) >= 11 is 0. The number of nitrogens with zero attached hydrogens (tertiary/aromatic N) is 1. The van der Waals surface area contributed by atoms with Crippen LogP contribution in [0.15, 0.2) is 0 Å². The van der Waals surface area contributed by atoms with Gasteiger partial charge in [0.1, 0.15) is 5.60 Å². The summed E-state index contributed by atoms with van der Waals surface area (Å²) in [5.41, 5.74) is -0.391. The fraction of sp³-hybridized carbons (Fsp3) is 0.933. The molecule has 1 aliphatic heterocycles. The maximum atomic E-state index is 12.0. The van der Waals surface area contributed by atoms with Crippen molar-refractivity contribution in [2.75, 3.05) is 19.6 Å². The van der Waals surface area contributed by atoms with Crippen LogP contribution >= 0.6 is 0 Å². The highest BCUT2D eigenvalue weighted by Crippen LogP contribution is 2.23. The molecule has 1 unspecified atom stereocenters. The van der Waals surface area contributed by atoms with E-state index in [1.165, 1.54) is 25.7 Å². The minimum atomic E-state index is -0.391. The molecular weight excluding hydrogens is 240 g/mol. The molecule has 110 valence electrons. The summed E-state index contributed by atoms with van der Waals surface area (Å²) in [5.74, 6) is 0.632. The van der Waals surface area contributed by atoms with E-state index in [4.69, 9.17) is 4.74 Å². The Balaban J connectivity index is 1.70. The molecular formula is C15H28N2O2. The number of hydrogen-bond donors (Lipinski definition) is 1. The standard InChI is InChI=1S/C15H28N2O2/c1-15(2,3)19-14(18)17-10-4-5-12(11-17)8-9-16-13-6-7-13/h12-13,16H,4-11H2,1-3H3. The molecule has 1 atom stereocenters. The minimum Gasteiger partial charge on any atom is -0.444 e. The summed E-state index contributed by atoms with van der Waals surface area (Å²) in [6, 6.07) is 0.783. The van der Waals surface area contributed by atoms with E-state index >= 15 is 0 Å². The predicted molar refractivity (Wildman–Crippen MR) is 76.2 cm³/mol. The Labute approximate surface area is 116 Å². The van der Waals surface area contributed by atoms with E-state index in [1.807, 2.05) is 25.7 Å². The Kier molecular flexibility index (Phi) is 4.71. The number of likely N-dealkylation sites (tertiary alicyclic amines) is 1. The Bertz CT molecular complexity index is 308. The van der Waals surface area contributed by atoms with E-state index in [0.29, 0.717) is 5.92 Å². The molecule has 0 aromatic heterocycles. The number of hydrogen-bond acceptors (Lipinski definition) is 3. The van der Waals surface area contributed by atoms with Crippen LogP contribution in [0.25, 0.3) is 0 Å². The summed E-state index contributed by atoms with van der Waals surface area (Å²) in [6.07, 6.45) is 6.06. The van der Waals surface area contributed by atoms with Crippen LogP contribution in [0, 0.1) is 5.92 Å². The molecule has 1 amide bonds. The molecule has 1 aliphatic carbocycles. The molecule has 0 aromatic rings. The van der Waals surface area contributed by atoms with Gasteiger partial charge in [0.05, 0.1) is 0 Å². The predicted octanol–water partition coefficient (Wildman–Crippen LogP) is 2.78. The van der Waals surface area contributed by atoms with Crippen molar-refractivity contribution >= 4 is 6.09 Å². The fourth-order valence-corrected chi connectivity index (χ4v) is 2.57. The normalized spacial score (nSPS) is 24.4. The van der Waals surface area contributed by atoms with E-state index in [1.54, 1.807) is 0 Å². The van der Waals surface area contributed by atoms with Gasteiger partial charge in [-0.15, -0.1) is 0 Å². The molecule has 2 aliphatic rings. The average molecular weight is 268 g/mol. The molecule has 4 heteroatoms. The van der Waals surface area contributed by atoms with E-state index in [9.17, 15) is 4.79 Å². The third-order valence-electron chi connectivity index (χ3n) is 3.73. The smallest absolute Gasteiger partial charge is 0.410 e. The van der Waals surface area contributed by atoms with Gasteiger partial charge in [-0.25, -0.2) is 4.79 Å². The number of ether oxygens (including phenoxy) is 1. The van der Waals surface area contributed by atoms with Gasteiger partial charge < -0.3 is 15.0 Å². The largest absolute Gasteiger partial charge is 0.444 e. The van der Waals surface area contributed by atoms with Gasteiger partial charge in [0.25, 0.3) is 0 Å². The maximum Gasteiger partial charge on any atom is 0.410 e. The van der Waals surface area contributed by atoms with Crippen LogP contribution in [0.1, 0.15) is 52.9 Å². The van der Waals surface area contributed by atoms with E-state index in [-0.39, 0.29) is 6.09 Å². The maximum absolute atomic E-state index is 12.0. The SMILES string of the molecule is CC(C)(C)OC(=O)N1CCCC(CCNC2CC2)C1. The molecule has 1 heterocycles. The quantitative estimate of drug-likeness (QED) is 0.852. The van der Waals surface area contributed by atoms with E-state index < -0.39 is 5.60 Å². The highest BCUT2D eigenvalue weighted by molar-refractivity contribution is 5.68. The van der Waals surface area contributed by atoms with E-state index in [2.05, 4.69) is 5.32 Å². The van der Waals surface area contributed by atoms with Crippen LogP contribution in [-0.4, -0.2) is 42.3 Å². The third kappa shape index (κ3) is 5.39. The molecule has 0 bridgehead atoms. The molecule has 1 saturated heterocycles. The zero-order valence-electron chi connectivity index (χ0n) is 12.6. The molecule has 0 spiro atoms. The lowest BCUT2D eigenvalue weighted by atomic mass is 9.95. The van der Waals surface area contributed by atoms with Crippen LogP contribution in [0.3, 0.4) is 0 Å². The third-order valence-corrected chi connectivity index (χ3v) is 3.73. The topological polar surface area (TPSA) is 41.6 Å². The fourth-order valence-electron chi connectivity index (χ4n) is 2.57. The van der Waals surface area contributed by atoms with Crippen LogP contribution in [0.2, 0.25) is 0 Å². The number of piperidine rings is 1. The summed E-state index contributed by atoms with van der Waals surface area (Å²) in [7, 11) is 0. The molecule has 19 heavy (non-hydrogen) atoms. The molecule has 0 aromatic carbocycles. The first-order valence-corrected chi connectivity index (χ1v) is 7.65. The number of rotatable bonds is 4. The van der Waals surface area contributed by atoms with Crippen molar-refractivity contribution in [3.8, 4) is 0 Å². The van der Waals surface area contributed by atoms with Crippen molar-refractivity contribution in [3.05, 3.63) is 0 Å². The molecule has 1 N–H and O–H groups in total. The van der Waals surface area contributed by atoms with Gasteiger partial charge in [0.2, 0.25) is 0 Å².